The molecular formula is C25H28N4O3. The van der Waals surface area contributed by atoms with Crippen LogP contribution in [0, 0.1) is 0 Å². The average Bonchev–Trinajstić information content (AvgIpc) is 3.52. The number of nitrogens with one attached hydrogen (secondary N) is 1. The van der Waals surface area contributed by atoms with E-state index in [-0.39, 0.29) is 6.03 Å². The smallest absolute Gasteiger partial charge is 0.321 e. The van der Waals surface area contributed by atoms with Crippen LogP contribution in [0.25, 0.3) is 33.9 Å². The van der Waals surface area contributed by atoms with E-state index in [4.69, 9.17) is 18.8 Å². The summed E-state index contributed by atoms with van der Waals surface area (Å²) in [5, 5.41) is 3.03. The van der Waals surface area contributed by atoms with Crippen LogP contribution < -0.4 is 5.32 Å². The Labute approximate surface area is 187 Å². The number of amides is 2. The monoisotopic (exact) mass is 432 g/mol. The van der Waals surface area contributed by atoms with E-state index in [1.165, 1.54) is 0 Å². The van der Waals surface area contributed by atoms with Crippen LogP contribution in [0.2, 0.25) is 0 Å². The second-order valence-corrected chi connectivity index (χ2v) is 7.70. The summed E-state index contributed by atoms with van der Waals surface area (Å²) in [5.74, 6) is 1.22. The molecule has 0 saturated heterocycles. The molecular weight excluding hydrogens is 404 g/mol. The van der Waals surface area contributed by atoms with Crippen LogP contribution in [-0.2, 0) is 0 Å². The number of hydrogen-bond donors (Lipinski definition) is 1. The Kier molecular flexibility index (Phi) is 6.84. The van der Waals surface area contributed by atoms with Gasteiger partial charge in [0, 0.05) is 18.8 Å². The van der Waals surface area contributed by atoms with Gasteiger partial charge in [0.25, 0.3) is 0 Å². The molecule has 4 rings (SSSR count). The fourth-order valence-corrected chi connectivity index (χ4v) is 3.52. The van der Waals surface area contributed by atoms with Crippen molar-refractivity contribution in [3.8, 4) is 22.9 Å². The van der Waals surface area contributed by atoms with Crippen LogP contribution in [0.4, 0.5) is 10.5 Å². The molecule has 3 aromatic heterocycles. The minimum Gasteiger partial charge on any atom is -0.463 e. The maximum Gasteiger partial charge on any atom is 0.321 e. The molecule has 7 heteroatoms. The highest BCUT2D eigenvalue weighted by atomic mass is 16.3. The van der Waals surface area contributed by atoms with Crippen LogP contribution in [0.1, 0.15) is 39.5 Å². The van der Waals surface area contributed by atoms with E-state index in [0.717, 1.165) is 38.8 Å². The molecule has 0 saturated carbocycles. The van der Waals surface area contributed by atoms with Crippen LogP contribution in [0.5, 0.6) is 0 Å². The molecule has 0 unspecified atom stereocenters. The number of unbranched alkanes of at least 4 members (excludes halogenated alkanes) is 2. The third kappa shape index (κ3) is 4.82. The summed E-state index contributed by atoms with van der Waals surface area (Å²) in [7, 11) is 0. The van der Waals surface area contributed by atoms with Gasteiger partial charge in [0.05, 0.1) is 23.6 Å². The molecule has 0 aliphatic rings. The second kappa shape index (κ2) is 10.1. The SMILES string of the molecule is CCCCN(CCCC)C(=O)Nc1ccc2nc(-c3ccco3)c(-c3ccco3)nc2c1. The highest BCUT2D eigenvalue weighted by Crippen LogP contribution is 2.32. The Bertz CT molecular complexity index is 1150. The van der Waals surface area contributed by atoms with Crippen LogP contribution in [0.3, 0.4) is 0 Å². The van der Waals surface area contributed by atoms with E-state index in [1.54, 1.807) is 12.5 Å². The Morgan fingerprint density at radius 2 is 1.47 bits per heavy atom. The van der Waals surface area contributed by atoms with Crippen molar-refractivity contribution >= 4 is 22.8 Å². The number of carbonyl (C=O) groups excluding carboxylic acids is 1. The highest BCUT2D eigenvalue weighted by Gasteiger charge is 2.18. The minimum atomic E-state index is -0.0855. The first kappa shape index (κ1) is 21.6. The van der Waals surface area contributed by atoms with Gasteiger partial charge in [-0.2, -0.15) is 0 Å². The van der Waals surface area contributed by atoms with Gasteiger partial charge in [-0.05, 0) is 55.3 Å². The molecule has 0 radical (unpaired) electrons. The summed E-state index contributed by atoms with van der Waals surface area (Å²) in [4.78, 5) is 24.3. The van der Waals surface area contributed by atoms with Gasteiger partial charge in [-0.1, -0.05) is 26.7 Å². The standard InChI is InChI=1S/C25H28N4O3/c1-3-5-13-29(14-6-4-2)25(30)26-18-11-12-19-20(17-18)28-24(22-10-8-16-32-22)23(27-19)21-9-7-15-31-21/h7-12,15-17H,3-6,13-14H2,1-2H3,(H,26,30). The first-order valence-electron chi connectivity index (χ1n) is 11.1. The fraction of sp³-hybridized carbons (Fsp3) is 0.320. The van der Waals surface area contributed by atoms with Gasteiger partial charge < -0.3 is 19.1 Å². The third-order valence-electron chi connectivity index (χ3n) is 5.28. The van der Waals surface area contributed by atoms with Crippen molar-refractivity contribution in [2.24, 2.45) is 0 Å². The van der Waals surface area contributed by atoms with Gasteiger partial charge in [0.2, 0.25) is 0 Å². The van der Waals surface area contributed by atoms with Crippen LogP contribution >= 0.6 is 0 Å². The summed E-state index contributed by atoms with van der Waals surface area (Å²) in [5.41, 5.74) is 3.26. The molecule has 0 aliphatic heterocycles. The topological polar surface area (TPSA) is 84.4 Å². The minimum absolute atomic E-state index is 0.0855. The highest BCUT2D eigenvalue weighted by molar-refractivity contribution is 5.93. The maximum atomic E-state index is 12.9. The van der Waals surface area contributed by atoms with Gasteiger partial charge in [-0.3, -0.25) is 0 Å². The zero-order valence-corrected chi connectivity index (χ0v) is 18.5. The molecule has 1 N–H and O–H groups in total. The molecule has 0 aliphatic carbocycles. The van der Waals surface area contributed by atoms with Crippen molar-refractivity contribution in [2.75, 3.05) is 18.4 Å². The predicted molar refractivity (Wildman–Crippen MR) is 125 cm³/mol. The summed E-state index contributed by atoms with van der Waals surface area (Å²) in [6.45, 7) is 5.77. The van der Waals surface area contributed by atoms with E-state index < -0.39 is 0 Å². The molecule has 166 valence electrons. The van der Waals surface area contributed by atoms with E-state index in [1.807, 2.05) is 47.4 Å². The largest absolute Gasteiger partial charge is 0.463 e. The van der Waals surface area contributed by atoms with Crippen LogP contribution in [0.15, 0.2) is 63.8 Å². The van der Waals surface area contributed by atoms with Gasteiger partial charge in [0.15, 0.2) is 11.5 Å². The molecule has 0 spiro atoms. The zero-order valence-electron chi connectivity index (χ0n) is 18.5. The number of fused-ring (bicyclic) bond motifs is 1. The molecule has 4 aromatic rings. The quantitative estimate of drug-likeness (QED) is 0.323. The number of anilines is 1. The Morgan fingerprint density at radius 3 is 2.00 bits per heavy atom. The predicted octanol–water partition coefficient (Wildman–Crippen LogP) is 6.58. The maximum absolute atomic E-state index is 12.9. The van der Waals surface area contributed by atoms with Crippen molar-refractivity contribution in [3.05, 3.63) is 55.0 Å². The Balaban J connectivity index is 1.65. The van der Waals surface area contributed by atoms with Crippen molar-refractivity contribution in [1.29, 1.82) is 0 Å². The van der Waals surface area contributed by atoms with E-state index >= 15 is 0 Å². The lowest BCUT2D eigenvalue weighted by molar-refractivity contribution is 0.210. The van der Waals surface area contributed by atoms with Crippen molar-refractivity contribution in [3.63, 3.8) is 0 Å². The molecule has 0 fully saturated rings. The number of hydrogen-bond acceptors (Lipinski definition) is 5. The first-order valence-corrected chi connectivity index (χ1v) is 11.1. The van der Waals surface area contributed by atoms with Gasteiger partial charge in [0.1, 0.15) is 11.4 Å². The van der Waals surface area contributed by atoms with Crippen molar-refractivity contribution < 1.29 is 13.6 Å². The number of aromatic nitrogens is 2. The third-order valence-corrected chi connectivity index (χ3v) is 5.28. The lowest BCUT2D eigenvalue weighted by Crippen LogP contribution is -2.36. The van der Waals surface area contributed by atoms with E-state index in [2.05, 4.69) is 19.2 Å². The summed E-state index contributed by atoms with van der Waals surface area (Å²) in [6, 6.07) is 12.8. The van der Waals surface area contributed by atoms with E-state index in [9.17, 15) is 4.79 Å². The van der Waals surface area contributed by atoms with Crippen LogP contribution in [-0.4, -0.2) is 34.0 Å². The second-order valence-electron chi connectivity index (χ2n) is 7.70. The van der Waals surface area contributed by atoms with Crippen molar-refractivity contribution in [1.82, 2.24) is 14.9 Å². The Morgan fingerprint density at radius 1 is 0.875 bits per heavy atom. The number of furan rings is 2. The molecule has 3 heterocycles. The Hall–Kier alpha value is -3.61. The number of nitrogens with zero attached hydrogens (tertiary/aromatic N) is 3. The molecule has 0 bridgehead atoms. The molecule has 7 nitrogen and oxygen atoms in total. The normalized spacial score (nSPS) is 11.1. The fourth-order valence-electron chi connectivity index (χ4n) is 3.52. The zero-order chi connectivity index (χ0) is 22.3. The number of urea groups is 1. The van der Waals surface area contributed by atoms with E-state index in [0.29, 0.717) is 39.6 Å². The average molecular weight is 433 g/mol. The molecule has 32 heavy (non-hydrogen) atoms. The molecule has 1 aromatic carbocycles. The van der Waals surface area contributed by atoms with Gasteiger partial charge in [-0.25, -0.2) is 14.8 Å². The van der Waals surface area contributed by atoms with Gasteiger partial charge in [-0.15, -0.1) is 0 Å². The molecule has 2 amide bonds. The lowest BCUT2D eigenvalue weighted by Gasteiger charge is -2.23. The number of carbonyl (C=O) groups is 1. The lowest BCUT2D eigenvalue weighted by atomic mass is 10.1. The summed E-state index contributed by atoms with van der Waals surface area (Å²) >= 11 is 0. The first-order chi connectivity index (χ1) is 15.7. The molecule has 0 atom stereocenters. The number of benzene rings is 1. The summed E-state index contributed by atoms with van der Waals surface area (Å²) in [6.07, 6.45) is 7.29. The summed E-state index contributed by atoms with van der Waals surface area (Å²) < 4.78 is 11.2. The van der Waals surface area contributed by atoms with Gasteiger partial charge >= 0.3 is 6.03 Å². The number of rotatable bonds is 9. The van der Waals surface area contributed by atoms with Crippen molar-refractivity contribution in [2.45, 2.75) is 39.5 Å².